The third-order valence-electron chi connectivity index (χ3n) is 3.91. The van der Waals surface area contributed by atoms with Crippen molar-refractivity contribution in [3.05, 3.63) is 48.7 Å². The molecule has 2 N–H and O–H groups in total. The van der Waals surface area contributed by atoms with E-state index in [0.717, 1.165) is 0 Å². The molecule has 25 heavy (non-hydrogen) atoms. The first-order chi connectivity index (χ1) is 12.0. The van der Waals surface area contributed by atoms with Crippen LogP contribution in [0, 0.1) is 5.92 Å². The first-order valence-electron chi connectivity index (χ1n) is 7.93. The van der Waals surface area contributed by atoms with E-state index in [4.69, 9.17) is 0 Å². The van der Waals surface area contributed by atoms with E-state index in [0.29, 0.717) is 23.7 Å². The van der Waals surface area contributed by atoms with Gasteiger partial charge in [-0.15, -0.1) is 0 Å². The molecule has 1 saturated heterocycles. The van der Waals surface area contributed by atoms with Crippen molar-refractivity contribution in [3.8, 4) is 0 Å². The van der Waals surface area contributed by atoms with Crippen LogP contribution in [0.4, 0.5) is 17.2 Å². The van der Waals surface area contributed by atoms with E-state index in [1.807, 2.05) is 0 Å². The average Bonchev–Trinajstić information content (AvgIpc) is 2.98. The summed E-state index contributed by atoms with van der Waals surface area (Å²) in [5.41, 5.74) is 1.36. The SMILES string of the molecule is CC(=O)Nc1ccc(N2C[C@H](C(=O)Nc3ccccn3)CC2=O)cc1. The zero-order chi connectivity index (χ0) is 17.8. The van der Waals surface area contributed by atoms with Crippen LogP contribution in [0.15, 0.2) is 48.7 Å². The number of aromatic nitrogens is 1. The Hall–Kier alpha value is -3.22. The second-order valence-electron chi connectivity index (χ2n) is 5.84. The lowest BCUT2D eigenvalue weighted by Gasteiger charge is -2.17. The molecule has 1 aliphatic heterocycles. The summed E-state index contributed by atoms with van der Waals surface area (Å²) in [5, 5.41) is 5.41. The van der Waals surface area contributed by atoms with Gasteiger partial charge in [-0.1, -0.05) is 6.07 Å². The van der Waals surface area contributed by atoms with Crippen molar-refractivity contribution < 1.29 is 14.4 Å². The number of nitrogens with one attached hydrogen (secondary N) is 2. The van der Waals surface area contributed by atoms with Crippen LogP contribution >= 0.6 is 0 Å². The van der Waals surface area contributed by atoms with Crippen LogP contribution in [0.5, 0.6) is 0 Å². The van der Waals surface area contributed by atoms with Gasteiger partial charge in [0.25, 0.3) is 0 Å². The zero-order valence-electron chi connectivity index (χ0n) is 13.7. The second kappa shape index (κ2) is 7.12. The number of nitrogens with zero attached hydrogens (tertiary/aromatic N) is 2. The molecule has 0 spiro atoms. The van der Waals surface area contributed by atoms with Gasteiger partial charge >= 0.3 is 0 Å². The largest absolute Gasteiger partial charge is 0.326 e. The third kappa shape index (κ3) is 4.00. The Morgan fingerprint density at radius 2 is 1.88 bits per heavy atom. The van der Waals surface area contributed by atoms with Crippen molar-refractivity contribution in [2.24, 2.45) is 5.92 Å². The molecule has 1 aromatic heterocycles. The lowest BCUT2D eigenvalue weighted by Crippen LogP contribution is -2.28. The van der Waals surface area contributed by atoms with Gasteiger partial charge in [0.05, 0.1) is 5.92 Å². The summed E-state index contributed by atoms with van der Waals surface area (Å²) in [6.45, 7) is 1.75. The molecule has 0 unspecified atom stereocenters. The topological polar surface area (TPSA) is 91.4 Å². The Balaban J connectivity index is 1.65. The van der Waals surface area contributed by atoms with Gasteiger partial charge in [0.15, 0.2) is 0 Å². The Morgan fingerprint density at radius 3 is 2.52 bits per heavy atom. The van der Waals surface area contributed by atoms with Gasteiger partial charge in [-0.3, -0.25) is 14.4 Å². The molecular weight excluding hydrogens is 320 g/mol. The minimum absolute atomic E-state index is 0.103. The quantitative estimate of drug-likeness (QED) is 0.892. The van der Waals surface area contributed by atoms with Crippen molar-refractivity contribution in [3.63, 3.8) is 0 Å². The normalized spacial score (nSPS) is 16.6. The van der Waals surface area contributed by atoms with E-state index in [2.05, 4.69) is 15.6 Å². The molecule has 0 saturated carbocycles. The number of benzene rings is 1. The summed E-state index contributed by atoms with van der Waals surface area (Å²) < 4.78 is 0. The predicted octanol–water partition coefficient (Wildman–Crippen LogP) is 2.03. The highest BCUT2D eigenvalue weighted by Crippen LogP contribution is 2.27. The van der Waals surface area contributed by atoms with Crippen LogP contribution in [0.1, 0.15) is 13.3 Å². The van der Waals surface area contributed by atoms with Gasteiger partial charge in [0, 0.05) is 37.5 Å². The number of amides is 3. The summed E-state index contributed by atoms with van der Waals surface area (Å²) >= 11 is 0. The fraction of sp³-hybridized carbons (Fsp3) is 0.222. The Labute approximate surface area is 145 Å². The molecule has 128 valence electrons. The zero-order valence-corrected chi connectivity index (χ0v) is 13.7. The first-order valence-corrected chi connectivity index (χ1v) is 7.93. The smallest absolute Gasteiger partial charge is 0.230 e. The molecule has 2 aromatic rings. The number of carbonyl (C=O) groups excluding carboxylic acids is 3. The predicted molar refractivity (Wildman–Crippen MR) is 94.1 cm³/mol. The number of carbonyl (C=O) groups is 3. The van der Waals surface area contributed by atoms with Crippen molar-refractivity contribution in [1.29, 1.82) is 0 Å². The molecule has 3 amide bonds. The standard InChI is InChI=1S/C18H18N4O3/c1-12(23)20-14-5-7-15(8-6-14)22-11-13(10-17(22)24)18(25)21-16-4-2-3-9-19-16/h2-9,13H,10-11H2,1H3,(H,20,23)(H,19,21,25)/t13-/m1/s1. The fourth-order valence-electron chi connectivity index (χ4n) is 2.73. The van der Waals surface area contributed by atoms with E-state index in [9.17, 15) is 14.4 Å². The van der Waals surface area contributed by atoms with E-state index in [1.165, 1.54) is 6.92 Å². The summed E-state index contributed by atoms with van der Waals surface area (Å²) in [4.78, 5) is 41.3. The van der Waals surface area contributed by atoms with Crippen LogP contribution < -0.4 is 15.5 Å². The maximum atomic E-state index is 12.3. The van der Waals surface area contributed by atoms with Crippen molar-refractivity contribution in [1.82, 2.24) is 4.98 Å². The molecule has 7 heteroatoms. The Morgan fingerprint density at radius 1 is 1.12 bits per heavy atom. The van der Waals surface area contributed by atoms with Gasteiger partial charge in [0.2, 0.25) is 17.7 Å². The monoisotopic (exact) mass is 338 g/mol. The van der Waals surface area contributed by atoms with Gasteiger partial charge in [-0.2, -0.15) is 0 Å². The highest BCUT2D eigenvalue weighted by atomic mass is 16.2. The molecule has 1 aliphatic rings. The Bertz CT molecular complexity index is 790. The van der Waals surface area contributed by atoms with Crippen molar-refractivity contribution >= 4 is 34.9 Å². The summed E-state index contributed by atoms with van der Waals surface area (Å²) in [6.07, 6.45) is 1.75. The number of hydrogen-bond donors (Lipinski definition) is 2. The van der Waals surface area contributed by atoms with E-state index >= 15 is 0 Å². The number of rotatable bonds is 4. The minimum atomic E-state index is -0.426. The van der Waals surface area contributed by atoms with Crippen molar-refractivity contribution in [2.75, 3.05) is 22.1 Å². The molecule has 1 atom stereocenters. The lowest BCUT2D eigenvalue weighted by molar-refractivity contribution is -0.122. The molecule has 1 fully saturated rings. The summed E-state index contributed by atoms with van der Waals surface area (Å²) in [7, 11) is 0. The molecule has 0 radical (unpaired) electrons. The van der Waals surface area contributed by atoms with Crippen LogP contribution in [0.25, 0.3) is 0 Å². The van der Waals surface area contributed by atoms with Gasteiger partial charge in [-0.25, -0.2) is 4.98 Å². The number of hydrogen-bond acceptors (Lipinski definition) is 4. The third-order valence-corrected chi connectivity index (χ3v) is 3.91. The van der Waals surface area contributed by atoms with Crippen LogP contribution in [0.3, 0.4) is 0 Å². The van der Waals surface area contributed by atoms with Gasteiger partial charge in [0.1, 0.15) is 5.82 Å². The first kappa shape index (κ1) is 16.6. The molecule has 2 heterocycles. The minimum Gasteiger partial charge on any atom is -0.326 e. The maximum Gasteiger partial charge on any atom is 0.230 e. The molecule has 3 rings (SSSR count). The lowest BCUT2D eigenvalue weighted by atomic mass is 10.1. The van der Waals surface area contributed by atoms with Crippen LogP contribution in [0.2, 0.25) is 0 Å². The van der Waals surface area contributed by atoms with Crippen molar-refractivity contribution in [2.45, 2.75) is 13.3 Å². The van der Waals surface area contributed by atoms with E-state index in [-0.39, 0.29) is 24.1 Å². The number of anilines is 3. The summed E-state index contributed by atoms with van der Waals surface area (Å²) in [6, 6.07) is 12.2. The molecule has 0 bridgehead atoms. The summed E-state index contributed by atoms with van der Waals surface area (Å²) in [5.74, 6) is -0.434. The number of pyridine rings is 1. The van der Waals surface area contributed by atoms with E-state index < -0.39 is 5.92 Å². The fourth-order valence-corrected chi connectivity index (χ4v) is 2.73. The van der Waals surface area contributed by atoms with Crippen LogP contribution in [-0.2, 0) is 14.4 Å². The highest BCUT2D eigenvalue weighted by molar-refractivity contribution is 6.03. The Kier molecular flexibility index (Phi) is 4.74. The average molecular weight is 338 g/mol. The van der Waals surface area contributed by atoms with Gasteiger partial charge in [-0.05, 0) is 36.4 Å². The molecular formula is C18H18N4O3. The van der Waals surface area contributed by atoms with Gasteiger partial charge < -0.3 is 15.5 Å². The second-order valence-corrected chi connectivity index (χ2v) is 5.84. The molecule has 7 nitrogen and oxygen atoms in total. The highest BCUT2D eigenvalue weighted by Gasteiger charge is 2.35. The maximum absolute atomic E-state index is 12.3. The molecule has 1 aromatic carbocycles. The van der Waals surface area contributed by atoms with Crippen LogP contribution in [-0.4, -0.2) is 29.3 Å². The molecule has 0 aliphatic carbocycles. The van der Waals surface area contributed by atoms with E-state index in [1.54, 1.807) is 53.6 Å².